The lowest BCUT2D eigenvalue weighted by atomic mass is 10.1. The van der Waals surface area contributed by atoms with Crippen molar-refractivity contribution in [1.82, 2.24) is 0 Å². The van der Waals surface area contributed by atoms with Gasteiger partial charge >= 0.3 is 0 Å². The minimum atomic E-state index is -3.73. The van der Waals surface area contributed by atoms with E-state index in [1.807, 2.05) is 45.9 Å². The summed E-state index contributed by atoms with van der Waals surface area (Å²) in [7, 11) is -3.73. The standard InChI is InChI=1S/C20H27NO4S/c1-5-12-24-18-11-10-17(14-19(18)25-13-6-2)26(22,23)21-20-15(3)8-7-9-16(20)4/h7-11,14,21H,5-6,12-13H2,1-4H3. The van der Waals surface area contributed by atoms with Gasteiger partial charge in [-0.2, -0.15) is 0 Å². The highest BCUT2D eigenvalue weighted by Gasteiger charge is 2.19. The van der Waals surface area contributed by atoms with Gasteiger partial charge in [-0.1, -0.05) is 32.0 Å². The number of para-hydroxylation sites is 1. The molecule has 0 unspecified atom stereocenters. The molecule has 0 heterocycles. The predicted molar refractivity (Wildman–Crippen MR) is 105 cm³/mol. The lowest BCUT2D eigenvalue weighted by Gasteiger charge is -2.16. The molecule has 5 nitrogen and oxygen atoms in total. The van der Waals surface area contributed by atoms with Crippen molar-refractivity contribution >= 4 is 15.7 Å². The summed E-state index contributed by atoms with van der Waals surface area (Å²) in [5.41, 5.74) is 2.35. The van der Waals surface area contributed by atoms with Crippen LogP contribution in [-0.2, 0) is 10.0 Å². The number of nitrogens with one attached hydrogen (secondary N) is 1. The van der Waals surface area contributed by atoms with E-state index in [-0.39, 0.29) is 4.90 Å². The van der Waals surface area contributed by atoms with Gasteiger partial charge in [0.05, 0.1) is 23.8 Å². The van der Waals surface area contributed by atoms with Gasteiger partial charge in [-0.05, 0) is 49.9 Å². The molecule has 0 spiro atoms. The predicted octanol–water partition coefficient (Wildman–Crippen LogP) is 4.68. The van der Waals surface area contributed by atoms with E-state index in [9.17, 15) is 8.42 Å². The lowest BCUT2D eigenvalue weighted by molar-refractivity contribution is 0.267. The number of hydrogen-bond acceptors (Lipinski definition) is 4. The molecule has 0 atom stereocenters. The Kier molecular flexibility index (Phi) is 6.91. The molecule has 142 valence electrons. The molecule has 0 saturated heterocycles. The number of aryl methyl sites for hydroxylation is 2. The van der Waals surface area contributed by atoms with E-state index in [4.69, 9.17) is 9.47 Å². The van der Waals surface area contributed by atoms with Crippen molar-refractivity contribution in [1.29, 1.82) is 0 Å². The molecule has 0 saturated carbocycles. The van der Waals surface area contributed by atoms with Gasteiger partial charge in [-0.25, -0.2) is 8.42 Å². The van der Waals surface area contributed by atoms with E-state index in [1.165, 1.54) is 6.07 Å². The van der Waals surface area contributed by atoms with E-state index in [0.29, 0.717) is 30.4 Å². The highest BCUT2D eigenvalue weighted by Crippen LogP contribution is 2.32. The van der Waals surface area contributed by atoms with Crippen LogP contribution in [0.4, 0.5) is 5.69 Å². The van der Waals surface area contributed by atoms with Crippen molar-refractivity contribution < 1.29 is 17.9 Å². The second-order valence-corrected chi connectivity index (χ2v) is 7.86. The molecular formula is C20H27NO4S. The lowest BCUT2D eigenvalue weighted by Crippen LogP contribution is -2.15. The fraction of sp³-hybridized carbons (Fsp3) is 0.400. The number of anilines is 1. The van der Waals surface area contributed by atoms with E-state index in [1.54, 1.807) is 12.1 Å². The summed E-state index contributed by atoms with van der Waals surface area (Å²) in [6.07, 6.45) is 1.69. The molecule has 26 heavy (non-hydrogen) atoms. The average Bonchev–Trinajstić information content (AvgIpc) is 2.61. The first kappa shape index (κ1) is 20.1. The van der Waals surface area contributed by atoms with Gasteiger partial charge in [0, 0.05) is 6.07 Å². The summed E-state index contributed by atoms with van der Waals surface area (Å²) in [6.45, 7) is 8.81. The van der Waals surface area contributed by atoms with Gasteiger partial charge in [0.25, 0.3) is 10.0 Å². The first-order chi connectivity index (χ1) is 12.4. The Balaban J connectivity index is 2.36. The molecular weight excluding hydrogens is 350 g/mol. The third-order valence-electron chi connectivity index (χ3n) is 3.87. The van der Waals surface area contributed by atoms with Crippen LogP contribution in [0.15, 0.2) is 41.3 Å². The molecule has 0 bridgehead atoms. The third kappa shape index (κ3) is 4.91. The van der Waals surface area contributed by atoms with Crippen molar-refractivity contribution in [3.63, 3.8) is 0 Å². The minimum Gasteiger partial charge on any atom is -0.490 e. The van der Waals surface area contributed by atoms with Gasteiger partial charge in [-0.15, -0.1) is 0 Å². The SMILES string of the molecule is CCCOc1ccc(S(=O)(=O)Nc2c(C)cccc2C)cc1OCCC. The van der Waals surface area contributed by atoms with Crippen LogP contribution in [0.25, 0.3) is 0 Å². The van der Waals surface area contributed by atoms with Gasteiger partial charge in [0.1, 0.15) is 0 Å². The van der Waals surface area contributed by atoms with Crippen LogP contribution in [0.3, 0.4) is 0 Å². The molecule has 0 radical (unpaired) electrons. The van der Waals surface area contributed by atoms with Gasteiger partial charge in [-0.3, -0.25) is 4.72 Å². The Morgan fingerprint density at radius 2 is 1.46 bits per heavy atom. The maximum absolute atomic E-state index is 12.8. The van der Waals surface area contributed by atoms with E-state index in [0.717, 1.165) is 24.0 Å². The van der Waals surface area contributed by atoms with Crippen LogP contribution in [0.2, 0.25) is 0 Å². The van der Waals surface area contributed by atoms with Crippen molar-refractivity contribution in [2.24, 2.45) is 0 Å². The quantitative estimate of drug-likeness (QED) is 0.689. The second kappa shape index (κ2) is 8.94. The van der Waals surface area contributed by atoms with Crippen molar-refractivity contribution in [3.8, 4) is 11.5 Å². The summed E-state index contributed by atoms with van der Waals surface area (Å²) in [4.78, 5) is 0.148. The maximum atomic E-state index is 12.8. The van der Waals surface area contributed by atoms with Gasteiger partial charge in [0.2, 0.25) is 0 Å². The Morgan fingerprint density at radius 1 is 0.885 bits per heavy atom. The molecule has 0 aromatic heterocycles. The summed E-state index contributed by atoms with van der Waals surface area (Å²) in [6, 6.07) is 10.4. The fourth-order valence-electron chi connectivity index (χ4n) is 2.48. The van der Waals surface area contributed by atoms with Gasteiger partial charge in [0.15, 0.2) is 11.5 Å². The molecule has 0 aliphatic heterocycles. The minimum absolute atomic E-state index is 0.148. The van der Waals surface area contributed by atoms with Crippen LogP contribution >= 0.6 is 0 Å². The maximum Gasteiger partial charge on any atom is 0.262 e. The van der Waals surface area contributed by atoms with E-state index in [2.05, 4.69) is 4.72 Å². The zero-order valence-corrected chi connectivity index (χ0v) is 16.7. The fourth-order valence-corrected chi connectivity index (χ4v) is 3.70. The van der Waals surface area contributed by atoms with Crippen molar-refractivity contribution in [3.05, 3.63) is 47.5 Å². The first-order valence-corrected chi connectivity index (χ1v) is 10.4. The average molecular weight is 378 g/mol. The monoisotopic (exact) mass is 377 g/mol. The Morgan fingerprint density at radius 3 is 2.04 bits per heavy atom. The number of benzene rings is 2. The Hall–Kier alpha value is -2.21. The van der Waals surface area contributed by atoms with Gasteiger partial charge < -0.3 is 9.47 Å². The third-order valence-corrected chi connectivity index (χ3v) is 5.21. The number of hydrogen-bond donors (Lipinski definition) is 1. The zero-order chi connectivity index (χ0) is 19.2. The van der Waals surface area contributed by atoms with Crippen LogP contribution < -0.4 is 14.2 Å². The first-order valence-electron chi connectivity index (χ1n) is 8.87. The topological polar surface area (TPSA) is 64.6 Å². The Bertz CT molecular complexity index is 827. The van der Waals surface area contributed by atoms with Crippen LogP contribution in [0, 0.1) is 13.8 Å². The molecule has 2 aromatic rings. The normalized spacial score (nSPS) is 11.2. The number of sulfonamides is 1. The number of rotatable bonds is 9. The van der Waals surface area contributed by atoms with Crippen LogP contribution in [-0.4, -0.2) is 21.6 Å². The molecule has 0 aliphatic rings. The molecule has 0 fully saturated rings. The largest absolute Gasteiger partial charge is 0.490 e. The molecule has 0 amide bonds. The molecule has 2 rings (SSSR count). The zero-order valence-electron chi connectivity index (χ0n) is 15.8. The molecule has 6 heteroatoms. The second-order valence-electron chi connectivity index (χ2n) is 6.18. The van der Waals surface area contributed by atoms with Crippen molar-refractivity contribution in [2.45, 2.75) is 45.4 Å². The van der Waals surface area contributed by atoms with Crippen molar-refractivity contribution in [2.75, 3.05) is 17.9 Å². The highest BCUT2D eigenvalue weighted by molar-refractivity contribution is 7.92. The highest BCUT2D eigenvalue weighted by atomic mass is 32.2. The summed E-state index contributed by atoms with van der Waals surface area (Å²) >= 11 is 0. The smallest absolute Gasteiger partial charge is 0.262 e. The summed E-state index contributed by atoms with van der Waals surface area (Å²) in [5.74, 6) is 1.01. The molecule has 0 aliphatic carbocycles. The number of ether oxygens (including phenoxy) is 2. The van der Waals surface area contributed by atoms with E-state index < -0.39 is 10.0 Å². The Labute approximate surface area is 156 Å². The summed E-state index contributed by atoms with van der Waals surface area (Å²) < 4.78 is 39.8. The van der Waals surface area contributed by atoms with Crippen LogP contribution in [0.1, 0.15) is 37.8 Å². The molecule has 2 aromatic carbocycles. The summed E-state index contributed by atoms with van der Waals surface area (Å²) in [5, 5.41) is 0. The molecule has 1 N–H and O–H groups in total. The van der Waals surface area contributed by atoms with Crippen LogP contribution in [0.5, 0.6) is 11.5 Å². The van der Waals surface area contributed by atoms with E-state index >= 15 is 0 Å².